The van der Waals surface area contributed by atoms with Crippen LogP contribution in [0.15, 0.2) is 66.7 Å². The van der Waals surface area contributed by atoms with E-state index in [9.17, 15) is 14.4 Å². The summed E-state index contributed by atoms with van der Waals surface area (Å²) in [6.45, 7) is 0.719. The van der Waals surface area contributed by atoms with E-state index in [-0.39, 0.29) is 18.4 Å². The second-order valence-electron chi connectivity index (χ2n) is 8.11. The number of anilines is 1. The predicted molar refractivity (Wildman–Crippen MR) is 123 cm³/mol. The number of hydrogen-bond acceptors (Lipinski definition) is 4. The van der Waals surface area contributed by atoms with Gasteiger partial charge in [0.2, 0.25) is 0 Å². The monoisotopic (exact) mass is 462 g/mol. The van der Waals surface area contributed by atoms with Crippen LogP contribution in [0.1, 0.15) is 32.7 Å². The van der Waals surface area contributed by atoms with E-state index in [0.717, 1.165) is 16.7 Å². The van der Waals surface area contributed by atoms with E-state index >= 15 is 0 Å². The van der Waals surface area contributed by atoms with Crippen LogP contribution in [0.5, 0.6) is 0 Å². The minimum Gasteiger partial charge on any atom is -0.465 e. The van der Waals surface area contributed by atoms with Crippen LogP contribution in [0.3, 0.4) is 0 Å². The molecule has 1 fully saturated rings. The smallest absolute Gasteiger partial charge is 0.409 e. The largest absolute Gasteiger partial charge is 0.465 e. The molecule has 1 spiro atoms. The molecular formula is C25H19ClN2O5. The van der Waals surface area contributed by atoms with Gasteiger partial charge in [-0.05, 0) is 41.5 Å². The quantitative estimate of drug-likeness (QED) is 0.533. The van der Waals surface area contributed by atoms with Crippen molar-refractivity contribution in [2.24, 2.45) is 0 Å². The molecule has 2 heterocycles. The molecule has 2 N–H and O–H groups in total. The first-order chi connectivity index (χ1) is 15.9. The number of carbonyl (C=O) groups is 3. The first kappa shape index (κ1) is 21.0. The summed E-state index contributed by atoms with van der Waals surface area (Å²) in [4.78, 5) is 38.1. The molecule has 0 bridgehead atoms. The molecular weight excluding hydrogens is 444 g/mol. The van der Waals surface area contributed by atoms with E-state index in [0.29, 0.717) is 34.8 Å². The van der Waals surface area contributed by atoms with E-state index in [1.807, 2.05) is 18.2 Å². The lowest BCUT2D eigenvalue weighted by atomic mass is 9.91. The van der Waals surface area contributed by atoms with Crippen LogP contribution in [0.25, 0.3) is 11.1 Å². The minimum absolute atomic E-state index is 0.231. The van der Waals surface area contributed by atoms with E-state index < -0.39 is 11.7 Å². The SMILES string of the molecule is O=C(O)Nc1cccc(-c2ccc(C(=O)N3CC[C@@]4(C3)OC(=O)c3ccccc34)c(Cl)c2)c1. The van der Waals surface area contributed by atoms with Crippen molar-refractivity contribution in [2.75, 3.05) is 18.4 Å². The third kappa shape index (κ3) is 3.70. The van der Waals surface area contributed by atoms with Gasteiger partial charge in [-0.3, -0.25) is 10.1 Å². The zero-order valence-electron chi connectivity index (χ0n) is 17.4. The molecule has 0 saturated carbocycles. The highest BCUT2D eigenvalue weighted by Crippen LogP contribution is 2.43. The summed E-state index contributed by atoms with van der Waals surface area (Å²) in [7, 11) is 0. The first-order valence-corrected chi connectivity index (χ1v) is 10.8. The molecule has 7 nitrogen and oxygen atoms in total. The van der Waals surface area contributed by atoms with Crippen molar-refractivity contribution in [3.05, 3.63) is 88.4 Å². The minimum atomic E-state index is -1.15. The second-order valence-corrected chi connectivity index (χ2v) is 8.52. The van der Waals surface area contributed by atoms with Gasteiger partial charge >= 0.3 is 12.1 Å². The molecule has 1 saturated heterocycles. The number of amides is 2. The van der Waals surface area contributed by atoms with E-state index in [1.165, 1.54) is 0 Å². The second kappa shape index (κ2) is 7.94. The molecule has 0 radical (unpaired) electrons. The fourth-order valence-corrected chi connectivity index (χ4v) is 4.80. The molecule has 2 amide bonds. The lowest BCUT2D eigenvalue weighted by Crippen LogP contribution is -2.34. The van der Waals surface area contributed by atoms with Crippen LogP contribution in [-0.4, -0.2) is 41.1 Å². The van der Waals surface area contributed by atoms with Gasteiger partial charge in [-0.25, -0.2) is 9.59 Å². The lowest BCUT2D eigenvalue weighted by Gasteiger charge is -2.24. The maximum absolute atomic E-state index is 13.3. The third-order valence-electron chi connectivity index (χ3n) is 6.09. The Hall–Kier alpha value is -3.84. The summed E-state index contributed by atoms with van der Waals surface area (Å²) >= 11 is 6.49. The van der Waals surface area contributed by atoms with E-state index in [1.54, 1.807) is 53.4 Å². The highest BCUT2D eigenvalue weighted by Gasteiger charge is 2.51. The lowest BCUT2D eigenvalue weighted by molar-refractivity contribution is -0.00306. The van der Waals surface area contributed by atoms with Crippen molar-refractivity contribution in [2.45, 2.75) is 12.0 Å². The molecule has 3 aromatic rings. The average Bonchev–Trinajstić information content (AvgIpc) is 3.35. The molecule has 3 aromatic carbocycles. The Morgan fingerprint density at radius 2 is 1.82 bits per heavy atom. The van der Waals surface area contributed by atoms with Crippen LogP contribution in [0.2, 0.25) is 5.02 Å². The normalized spacial score (nSPS) is 18.8. The number of hydrogen-bond donors (Lipinski definition) is 2. The number of ether oxygens (including phenoxy) is 1. The Bertz CT molecular complexity index is 1310. The van der Waals surface area contributed by atoms with Crippen molar-refractivity contribution >= 4 is 35.3 Å². The highest BCUT2D eigenvalue weighted by molar-refractivity contribution is 6.34. The van der Waals surface area contributed by atoms with Crippen LogP contribution in [0, 0.1) is 0 Å². The number of nitrogens with zero attached hydrogens (tertiary/aromatic N) is 1. The van der Waals surface area contributed by atoms with Gasteiger partial charge in [-0.15, -0.1) is 0 Å². The molecule has 33 heavy (non-hydrogen) atoms. The molecule has 0 unspecified atom stereocenters. The van der Waals surface area contributed by atoms with Crippen LogP contribution < -0.4 is 5.32 Å². The number of carboxylic acid groups (broad SMARTS) is 1. The van der Waals surface area contributed by atoms with Crippen molar-refractivity contribution in [1.29, 1.82) is 0 Å². The Morgan fingerprint density at radius 3 is 2.61 bits per heavy atom. The molecule has 166 valence electrons. The Labute approximate surface area is 194 Å². The zero-order valence-corrected chi connectivity index (χ0v) is 18.1. The van der Waals surface area contributed by atoms with Crippen molar-refractivity contribution in [3.8, 4) is 11.1 Å². The summed E-state index contributed by atoms with van der Waals surface area (Å²) in [5.74, 6) is -0.591. The topological polar surface area (TPSA) is 95.9 Å². The molecule has 8 heteroatoms. The Balaban J connectivity index is 1.38. The van der Waals surface area contributed by atoms with Gasteiger partial charge in [0.05, 0.1) is 22.7 Å². The van der Waals surface area contributed by atoms with Gasteiger partial charge in [-0.2, -0.15) is 0 Å². The van der Waals surface area contributed by atoms with Crippen LogP contribution in [-0.2, 0) is 10.3 Å². The van der Waals surface area contributed by atoms with Crippen molar-refractivity contribution in [1.82, 2.24) is 4.90 Å². The number of likely N-dealkylation sites (tertiary alicyclic amines) is 1. The van der Waals surface area contributed by atoms with Crippen LogP contribution in [0.4, 0.5) is 10.5 Å². The fraction of sp³-hybridized carbons (Fsp3) is 0.160. The number of rotatable bonds is 3. The van der Waals surface area contributed by atoms with Gasteiger partial charge in [-0.1, -0.05) is 48.0 Å². The highest BCUT2D eigenvalue weighted by atomic mass is 35.5. The van der Waals surface area contributed by atoms with Gasteiger partial charge in [0, 0.05) is 24.2 Å². The maximum atomic E-state index is 13.3. The van der Waals surface area contributed by atoms with Gasteiger partial charge in [0.1, 0.15) is 0 Å². The number of halogens is 1. The van der Waals surface area contributed by atoms with Gasteiger partial charge in [0.25, 0.3) is 5.91 Å². The molecule has 1 atom stereocenters. The summed E-state index contributed by atoms with van der Waals surface area (Å²) in [6, 6.07) is 19.3. The number of carbonyl (C=O) groups excluding carboxylic acids is 2. The molecule has 0 aromatic heterocycles. The first-order valence-electron chi connectivity index (χ1n) is 10.4. The molecule has 2 aliphatic rings. The Kier molecular flexibility index (Phi) is 5.06. The summed E-state index contributed by atoms with van der Waals surface area (Å²) < 4.78 is 5.73. The average molecular weight is 463 g/mol. The summed E-state index contributed by atoms with van der Waals surface area (Å²) in [5, 5.41) is 11.5. The number of benzene rings is 3. The zero-order chi connectivity index (χ0) is 23.2. The van der Waals surface area contributed by atoms with Gasteiger partial charge in [0.15, 0.2) is 5.60 Å². The van der Waals surface area contributed by atoms with Crippen LogP contribution >= 0.6 is 11.6 Å². The number of esters is 1. The maximum Gasteiger partial charge on any atom is 0.409 e. The van der Waals surface area contributed by atoms with E-state index in [2.05, 4.69) is 5.32 Å². The van der Waals surface area contributed by atoms with Crippen molar-refractivity contribution in [3.63, 3.8) is 0 Å². The number of fused-ring (bicyclic) bond motifs is 2. The number of nitrogens with one attached hydrogen (secondary N) is 1. The summed E-state index contributed by atoms with van der Waals surface area (Å²) in [6.07, 6.45) is -0.620. The molecule has 2 aliphatic heterocycles. The summed E-state index contributed by atoms with van der Waals surface area (Å²) in [5.41, 5.74) is 2.86. The molecule has 0 aliphatic carbocycles. The van der Waals surface area contributed by atoms with E-state index in [4.69, 9.17) is 21.4 Å². The standard InChI is InChI=1S/C25H19ClN2O5/c26-21-13-16(15-4-3-5-17(12-15)27-24(31)32)8-9-19(21)22(29)28-11-10-25(14-28)20-7-2-1-6-18(20)23(30)33-25/h1-9,12-13,27H,10-11,14H2,(H,31,32)/t25-/m0/s1. The fourth-order valence-electron chi connectivity index (χ4n) is 4.54. The Morgan fingerprint density at radius 1 is 1.03 bits per heavy atom. The predicted octanol–water partition coefficient (Wildman–Crippen LogP) is 5.01. The third-order valence-corrected chi connectivity index (χ3v) is 6.40. The molecule has 5 rings (SSSR count). The van der Waals surface area contributed by atoms with Crippen molar-refractivity contribution < 1.29 is 24.2 Å². The van der Waals surface area contributed by atoms with Gasteiger partial charge < -0.3 is 14.7 Å².